The van der Waals surface area contributed by atoms with E-state index in [0.717, 1.165) is 55.6 Å². The summed E-state index contributed by atoms with van der Waals surface area (Å²) in [6, 6.07) is 3.84. The van der Waals surface area contributed by atoms with Crippen molar-refractivity contribution in [3.05, 3.63) is 18.5 Å². The molecule has 190 valence electrons. The molecule has 1 fully saturated rings. The van der Waals surface area contributed by atoms with E-state index in [-0.39, 0.29) is 0 Å². The third kappa shape index (κ3) is 8.09. The van der Waals surface area contributed by atoms with Crippen LogP contribution in [-0.2, 0) is 4.74 Å². The molecular weight excluding hydrogens is 454 g/mol. The van der Waals surface area contributed by atoms with Gasteiger partial charge in [0.1, 0.15) is 17.7 Å². The number of fused-ring (bicyclic) bond motifs is 1. The van der Waals surface area contributed by atoms with Crippen LogP contribution < -0.4 is 23.8 Å². The van der Waals surface area contributed by atoms with Gasteiger partial charge < -0.3 is 19.1 Å². The van der Waals surface area contributed by atoms with Crippen LogP contribution in [0.5, 0.6) is 11.5 Å². The normalized spacial score (nSPS) is 14.3. The fourth-order valence-corrected chi connectivity index (χ4v) is 4.16. The predicted molar refractivity (Wildman–Crippen MR) is 139 cm³/mol. The number of nitrogens with one attached hydrogen (secondary N) is 2. The molecule has 0 spiro atoms. The van der Waals surface area contributed by atoms with Crippen LogP contribution in [0.3, 0.4) is 0 Å². The summed E-state index contributed by atoms with van der Waals surface area (Å²) in [7, 11) is 3.26. The first-order valence-corrected chi connectivity index (χ1v) is 12.6. The molecule has 3 rings (SSSR count). The van der Waals surface area contributed by atoms with Crippen LogP contribution >= 0.6 is 12.1 Å². The van der Waals surface area contributed by atoms with E-state index in [1.54, 1.807) is 20.5 Å². The van der Waals surface area contributed by atoms with Crippen LogP contribution in [0.1, 0.15) is 53.9 Å². The number of hydrogen-bond donors (Lipinski definition) is 2. The number of rotatable bonds is 8. The summed E-state index contributed by atoms with van der Waals surface area (Å²) in [6.07, 6.45) is 4.39. The van der Waals surface area contributed by atoms with Crippen LogP contribution in [0.25, 0.3) is 10.9 Å². The van der Waals surface area contributed by atoms with Crippen LogP contribution in [0.2, 0.25) is 0 Å². The summed E-state index contributed by atoms with van der Waals surface area (Å²) in [5.41, 5.74) is 0.346. The van der Waals surface area contributed by atoms with Gasteiger partial charge in [0.2, 0.25) is 0 Å². The summed E-state index contributed by atoms with van der Waals surface area (Å²) in [6.45, 7) is 12.2. The number of carbonyl (C=O) groups is 1. The van der Waals surface area contributed by atoms with Crippen molar-refractivity contribution in [2.45, 2.75) is 59.5 Å². The fourth-order valence-electron chi connectivity index (χ4n) is 3.75. The van der Waals surface area contributed by atoms with E-state index < -0.39 is 11.7 Å². The van der Waals surface area contributed by atoms with E-state index in [1.807, 2.05) is 46.8 Å². The molecular formula is C24H39N5O4S. The van der Waals surface area contributed by atoms with E-state index >= 15 is 0 Å². The first-order valence-electron chi connectivity index (χ1n) is 11.8. The molecule has 1 aromatic heterocycles. The molecule has 9 nitrogen and oxygen atoms in total. The second kappa shape index (κ2) is 13.4. The maximum Gasteiger partial charge on any atom is 0.418 e. The summed E-state index contributed by atoms with van der Waals surface area (Å²) in [4.78, 5) is 22.9. The van der Waals surface area contributed by atoms with E-state index in [0.29, 0.717) is 17.4 Å². The Bertz CT molecular complexity index is 914. The average molecular weight is 494 g/mol. The first-order chi connectivity index (χ1) is 16.3. The lowest BCUT2D eigenvalue weighted by atomic mass is 9.93. The Morgan fingerprint density at radius 2 is 1.76 bits per heavy atom. The number of ether oxygens (including phenoxy) is 3. The van der Waals surface area contributed by atoms with Gasteiger partial charge in [0, 0.05) is 43.2 Å². The Labute approximate surface area is 207 Å². The highest BCUT2D eigenvalue weighted by Crippen LogP contribution is 2.35. The average Bonchev–Trinajstić information content (AvgIpc) is 2.83. The number of amides is 1. The maximum atomic E-state index is 11.6. The number of hydrogen-bond acceptors (Lipinski definition) is 9. The second-order valence-corrected chi connectivity index (χ2v) is 9.44. The number of benzene rings is 1. The molecule has 0 bridgehead atoms. The molecule has 1 saturated heterocycles. The topological polar surface area (TPSA) is 97.8 Å². The lowest BCUT2D eigenvalue weighted by Gasteiger charge is -2.33. The minimum Gasteiger partial charge on any atom is -0.493 e. The van der Waals surface area contributed by atoms with E-state index in [4.69, 9.17) is 14.2 Å². The zero-order valence-electron chi connectivity index (χ0n) is 21.4. The zero-order valence-corrected chi connectivity index (χ0v) is 22.3. The molecule has 1 aromatic carbocycles. The zero-order chi connectivity index (χ0) is 25.1. The molecule has 1 amide bonds. The fraction of sp³-hybridized carbons (Fsp3) is 0.625. The molecule has 34 heavy (non-hydrogen) atoms. The van der Waals surface area contributed by atoms with Gasteiger partial charge >= 0.3 is 6.09 Å². The Balaban J connectivity index is 0.00000199. The highest BCUT2D eigenvalue weighted by atomic mass is 32.2. The molecule has 1 aliphatic heterocycles. The van der Waals surface area contributed by atoms with Crippen molar-refractivity contribution in [1.29, 1.82) is 0 Å². The first kappa shape index (κ1) is 27.8. The van der Waals surface area contributed by atoms with Crippen LogP contribution in [0, 0.1) is 5.92 Å². The highest BCUT2D eigenvalue weighted by molar-refractivity contribution is 7.96. The van der Waals surface area contributed by atoms with Gasteiger partial charge in [-0.2, -0.15) is 0 Å². The predicted octanol–water partition coefficient (Wildman–Crippen LogP) is 4.96. The molecule has 2 aromatic rings. The van der Waals surface area contributed by atoms with Crippen molar-refractivity contribution in [3.8, 4) is 11.5 Å². The Kier molecular flexibility index (Phi) is 11.0. The molecule has 0 aliphatic carbocycles. The van der Waals surface area contributed by atoms with Crippen LogP contribution in [0.4, 0.5) is 10.6 Å². The Hall–Kier alpha value is -2.46. The SMILES string of the molecule is CC.COc1cc2ncnc(N3CCC(CCNSNC(=O)OC(C)(C)C)CC3)c2cc1OC. The Morgan fingerprint density at radius 1 is 1.12 bits per heavy atom. The van der Waals surface area contributed by atoms with Crippen molar-refractivity contribution in [2.24, 2.45) is 5.92 Å². The number of piperidine rings is 1. The number of methoxy groups -OCH3 is 2. The van der Waals surface area contributed by atoms with Gasteiger partial charge in [-0.05, 0) is 52.0 Å². The minimum absolute atomic E-state index is 0.436. The molecule has 0 atom stereocenters. The number of nitrogens with zero attached hydrogens (tertiary/aromatic N) is 3. The monoisotopic (exact) mass is 493 g/mol. The lowest BCUT2D eigenvalue weighted by molar-refractivity contribution is 0.0574. The summed E-state index contributed by atoms with van der Waals surface area (Å²) in [5.74, 6) is 2.90. The smallest absolute Gasteiger partial charge is 0.418 e. The van der Waals surface area contributed by atoms with Gasteiger partial charge in [0.25, 0.3) is 0 Å². The molecule has 1 aliphatic rings. The van der Waals surface area contributed by atoms with Gasteiger partial charge in [-0.1, -0.05) is 13.8 Å². The van der Waals surface area contributed by atoms with E-state index in [9.17, 15) is 4.79 Å². The molecule has 2 N–H and O–H groups in total. The number of anilines is 1. The van der Waals surface area contributed by atoms with E-state index in [2.05, 4.69) is 24.3 Å². The maximum absolute atomic E-state index is 11.6. The molecule has 0 unspecified atom stereocenters. The Morgan fingerprint density at radius 3 is 2.38 bits per heavy atom. The van der Waals surface area contributed by atoms with Gasteiger partial charge in [-0.3, -0.25) is 4.72 Å². The second-order valence-electron chi connectivity index (χ2n) is 8.74. The summed E-state index contributed by atoms with van der Waals surface area (Å²) >= 11 is 1.17. The van der Waals surface area contributed by atoms with Crippen molar-refractivity contribution in [3.63, 3.8) is 0 Å². The van der Waals surface area contributed by atoms with Crippen molar-refractivity contribution < 1.29 is 19.0 Å². The number of aromatic nitrogens is 2. The van der Waals surface area contributed by atoms with Crippen molar-refractivity contribution >= 4 is 34.9 Å². The van der Waals surface area contributed by atoms with Crippen LogP contribution in [-0.4, -0.2) is 55.5 Å². The van der Waals surface area contributed by atoms with Crippen LogP contribution in [0.15, 0.2) is 18.5 Å². The van der Waals surface area contributed by atoms with Gasteiger partial charge in [0.15, 0.2) is 11.5 Å². The van der Waals surface area contributed by atoms with Gasteiger partial charge in [-0.15, -0.1) is 0 Å². The highest BCUT2D eigenvalue weighted by Gasteiger charge is 2.22. The largest absolute Gasteiger partial charge is 0.493 e. The molecule has 2 heterocycles. The third-order valence-electron chi connectivity index (χ3n) is 5.29. The minimum atomic E-state index is -0.495. The summed E-state index contributed by atoms with van der Waals surface area (Å²) in [5, 5.41) is 0.967. The standard InChI is InChI=1S/C22H33N5O4S.C2H6/c1-22(2,3)31-21(28)26-32-25-9-6-15-7-10-27(11-8-15)20-16-12-18(29-4)19(30-5)13-17(16)23-14-24-20;1-2/h12-15,25H,6-11H2,1-5H3,(H,26,28);1-2H3. The van der Waals surface area contributed by atoms with Gasteiger partial charge in [-0.25, -0.2) is 19.5 Å². The quantitative estimate of drug-likeness (QED) is 0.391. The lowest BCUT2D eigenvalue weighted by Crippen LogP contribution is -2.35. The van der Waals surface area contributed by atoms with Crippen molar-refractivity contribution in [1.82, 2.24) is 19.4 Å². The summed E-state index contributed by atoms with van der Waals surface area (Å²) < 4.78 is 21.9. The molecule has 0 radical (unpaired) electrons. The third-order valence-corrected chi connectivity index (χ3v) is 5.91. The van der Waals surface area contributed by atoms with Gasteiger partial charge in [0.05, 0.1) is 19.7 Å². The van der Waals surface area contributed by atoms with E-state index in [1.165, 1.54) is 12.1 Å². The molecule has 10 heteroatoms. The molecule has 0 saturated carbocycles. The van der Waals surface area contributed by atoms with Crippen molar-refractivity contribution in [2.75, 3.05) is 38.8 Å². The number of carbonyl (C=O) groups excluding carboxylic acids is 1.